The van der Waals surface area contributed by atoms with Gasteiger partial charge in [-0.2, -0.15) is 5.10 Å². The monoisotopic (exact) mass is 464 g/mol. The maximum absolute atomic E-state index is 13.2. The van der Waals surface area contributed by atoms with Crippen LogP contribution in [0.15, 0.2) is 57.3 Å². The van der Waals surface area contributed by atoms with Crippen molar-refractivity contribution in [3.63, 3.8) is 0 Å². The molecule has 1 heterocycles. The number of nitrogens with zero attached hydrogens (tertiary/aromatic N) is 2. The van der Waals surface area contributed by atoms with E-state index in [1.54, 1.807) is 18.4 Å². The molecule has 0 radical (unpaired) electrons. The van der Waals surface area contributed by atoms with Crippen LogP contribution in [0, 0.1) is 12.7 Å². The molecule has 0 aliphatic carbocycles. The number of nitrogens with two attached hydrogens (primary N) is 1. The fourth-order valence-electron chi connectivity index (χ4n) is 2.92. The molecule has 3 N–H and O–H groups in total. The first kappa shape index (κ1) is 22.6. The predicted molar refractivity (Wildman–Crippen MR) is 117 cm³/mol. The van der Waals surface area contributed by atoms with Gasteiger partial charge in [0.15, 0.2) is 0 Å². The number of amides is 1. The number of thioether (sulfide) groups is 1. The molecule has 8 nitrogen and oxygen atoms in total. The first-order chi connectivity index (χ1) is 14.7. The summed E-state index contributed by atoms with van der Waals surface area (Å²) in [5.74, 6) is -0.718. The average Bonchev–Trinajstić information content (AvgIpc) is 3.04. The van der Waals surface area contributed by atoms with Gasteiger partial charge in [0.05, 0.1) is 17.7 Å². The summed E-state index contributed by atoms with van der Waals surface area (Å²) in [5, 5.41) is 7.05. The summed E-state index contributed by atoms with van der Waals surface area (Å²) in [5.41, 5.74) is 7.48. The van der Waals surface area contributed by atoms with Gasteiger partial charge in [0, 0.05) is 0 Å². The van der Waals surface area contributed by atoms with Gasteiger partial charge in [-0.1, -0.05) is 6.07 Å². The second-order valence-corrected chi connectivity index (χ2v) is 9.27. The number of hydrogen-bond acceptors (Lipinski definition) is 7. The lowest BCUT2D eigenvalue weighted by Crippen LogP contribution is -2.21. The fraction of sp³-hybridized carbons (Fsp3) is 0.200. The zero-order valence-electron chi connectivity index (χ0n) is 17.0. The van der Waals surface area contributed by atoms with Crippen LogP contribution in [0.3, 0.4) is 0 Å². The molecule has 2 aromatic carbocycles. The second-order valence-electron chi connectivity index (χ2n) is 6.59. The maximum Gasteiger partial charge on any atom is 0.246 e. The van der Waals surface area contributed by atoms with Gasteiger partial charge >= 0.3 is 0 Å². The highest BCUT2D eigenvalue weighted by molar-refractivity contribution is 7.99. The summed E-state index contributed by atoms with van der Waals surface area (Å²) in [6.07, 6.45) is 1.65. The highest BCUT2D eigenvalue weighted by Crippen LogP contribution is 2.34. The maximum atomic E-state index is 13.2. The Morgan fingerprint density at radius 1 is 1.26 bits per heavy atom. The van der Waals surface area contributed by atoms with E-state index in [0.29, 0.717) is 11.4 Å². The van der Waals surface area contributed by atoms with Crippen molar-refractivity contribution in [1.82, 2.24) is 9.78 Å². The van der Waals surface area contributed by atoms with Crippen molar-refractivity contribution >= 4 is 39.0 Å². The SMILES string of the molecule is COc1ccc(C)cc1NC(=O)Cn1nc(SC)c(S(=O)(=O)c2ccc(F)cc2)c1N. The Balaban J connectivity index is 1.92. The molecule has 0 spiro atoms. The largest absolute Gasteiger partial charge is 0.495 e. The summed E-state index contributed by atoms with van der Waals surface area (Å²) in [4.78, 5) is 12.3. The smallest absolute Gasteiger partial charge is 0.246 e. The number of nitrogens with one attached hydrogen (secondary N) is 1. The number of aromatic nitrogens is 2. The van der Waals surface area contributed by atoms with Crippen LogP contribution in [0.25, 0.3) is 0 Å². The van der Waals surface area contributed by atoms with Gasteiger partial charge in [0.25, 0.3) is 0 Å². The van der Waals surface area contributed by atoms with Crippen molar-refractivity contribution in [1.29, 1.82) is 0 Å². The van der Waals surface area contributed by atoms with E-state index in [4.69, 9.17) is 10.5 Å². The van der Waals surface area contributed by atoms with E-state index in [-0.39, 0.29) is 27.2 Å². The first-order valence-corrected chi connectivity index (χ1v) is 11.7. The van der Waals surface area contributed by atoms with Crippen LogP contribution in [-0.2, 0) is 21.2 Å². The molecule has 0 atom stereocenters. The Morgan fingerprint density at radius 3 is 2.55 bits per heavy atom. The Labute approximate surface area is 183 Å². The molecule has 3 aromatic rings. The molecule has 0 unspecified atom stereocenters. The van der Waals surface area contributed by atoms with Gasteiger partial charge < -0.3 is 15.8 Å². The van der Waals surface area contributed by atoms with E-state index < -0.39 is 21.6 Å². The molecule has 0 fully saturated rings. The minimum atomic E-state index is -4.07. The molecule has 3 rings (SSSR count). The number of carbonyl (C=O) groups excluding carboxylic acids is 1. The molecular formula is C20H21FN4O4S2. The molecule has 1 amide bonds. The molecule has 1 aromatic heterocycles. The zero-order chi connectivity index (χ0) is 22.8. The molecule has 0 bridgehead atoms. The summed E-state index contributed by atoms with van der Waals surface area (Å²) >= 11 is 1.08. The third-order valence-corrected chi connectivity index (χ3v) is 7.06. The van der Waals surface area contributed by atoms with Crippen molar-refractivity contribution in [3.05, 3.63) is 53.8 Å². The molecule has 11 heteroatoms. The quantitative estimate of drug-likeness (QED) is 0.408. The van der Waals surface area contributed by atoms with E-state index in [9.17, 15) is 17.6 Å². The molecule has 31 heavy (non-hydrogen) atoms. The number of carbonyl (C=O) groups is 1. The third kappa shape index (κ3) is 4.67. The van der Waals surface area contributed by atoms with Crippen LogP contribution in [0.2, 0.25) is 0 Å². The summed E-state index contributed by atoms with van der Waals surface area (Å²) < 4.78 is 45.7. The number of sulfone groups is 1. The normalized spacial score (nSPS) is 11.4. The van der Waals surface area contributed by atoms with E-state index >= 15 is 0 Å². The minimum Gasteiger partial charge on any atom is -0.495 e. The fourth-order valence-corrected chi connectivity index (χ4v) is 5.35. The average molecular weight is 465 g/mol. The van der Waals surface area contributed by atoms with E-state index in [2.05, 4.69) is 10.4 Å². The van der Waals surface area contributed by atoms with E-state index in [1.807, 2.05) is 13.0 Å². The van der Waals surface area contributed by atoms with Gasteiger partial charge in [0.1, 0.15) is 33.9 Å². The zero-order valence-corrected chi connectivity index (χ0v) is 18.7. The van der Waals surface area contributed by atoms with Gasteiger partial charge in [-0.3, -0.25) is 4.79 Å². The van der Waals surface area contributed by atoms with Crippen molar-refractivity contribution in [2.75, 3.05) is 24.4 Å². The molecule has 164 valence electrons. The van der Waals surface area contributed by atoms with Gasteiger partial charge in [0.2, 0.25) is 15.7 Å². The van der Waals surface area contributed by atoms with Crippen molar-refractivity contribution < 1.29 is 22.3 Å². The molecule has 0 saturated heterocycles. The van der Waals surface area contributed by atoms with Crippen molar-refractivity contribution in [2.24, 2.45) is 0 Å². The van der Waals surface area contributed by atoms with Gasteiger partial charge in [-0.25, -0.2) is 17.5 Å². The van der Waals surface area contributed by atoms with Gasteiger partial charge in [-0.15, -0.1) is 11.8 Å². The lowest BCUT2D eigenvalue weighted by Gasteiger charge is -2.11. The summed E-state index contributed by atoms with van der Waals surface area (Å²) in [7, 11) is -2.58. The number of rotatable bonds is 7. The van der Waals surface area contributed by atoms with E-state index in [0.717, 1.165) is 46.3 Å². The molecule has 0 aliphatic rings. The number of benzene rings is 2. The second kappa shape index (κ2) is 8.98. The van der Waals surface area contributed by atoms with Crippen LogP contribution in [0.4, 0.5) is 15.9 Å². The van der Waals surface area contributed by atoms with Crippen LogP contribution in [0.1, 0.15) is 5.56 Å². The number of ether oxygens (including phenoxy) is 1. The third-order valence-electron chi connectivity index (χ3n) is 4.42. The van der Waals surface area contributed by atoms with Crippen LogP contribution < -0.4 is 15.8 Å². The molecule has 0 saturated carbocycles. The topological polar surface area (TPSA) is 116 Å². The number of anilines is 2. The first-order valence-electron chi connectivity index (χ1n) is 9.02. The summed E-state index contributed by atoms with van der Waals surface area (Å²) in [6, 6.07) is 9.74. The Hall–Kier alpha value is -3.05. The highest BCUT2D eigenvalue weighted by atomic mass is 32.2. The lowest BCUT2D eigenvalue weighted by atomic mass is 10.2. The van der Waals surface area contributed by atoms with E-state index in [1.165, 1.54) is 7.11 Å². The standard InChI is InChI=1S/C20H21FN4O4S2/c1-12-4-9-16(29-2)15(10-12)23-17(26)11-25-19(22)18(20(24-25)30-3)31(27,28)14-7-5-13(21)6-8-14/h4-10H,11,22H2,1-3H3,(H,23,26). The Bertz CT molecular complexity index is 1220. The highest BCUT2D eigenvalue weighted by Gasteiger charge is 2.29. The van der Waals surface area contributed by atoms with Crippen LogP contribution in [-0.4, -0.2) is 37.5 Å². The number of methoxy groups -OCH3 is 1. The van der Waals surface area contributed by atoms with Gasteiger partial charge in [-0.05, 0) is 55.1 Å². The summed E-state index contributed by atoms with van der Waals surface area (Å²) in [6.45, 7) is 1.56. The number of nitrogen functional groups attached to an aromatic ring is 1. The Morgan fingerprint density at radius 2 is 1.94 bits per heavy atom. The number of hydrogen-bond donors (Lipinski definition) is 2. The number of halogens is 1. The lowest BCUT2D eigenvalue weighted by molar-refractivity contribution is -0.116. The molecular weight excluding hydrogens is 443 g/mol. The Kier molecular flexibility index (Phi) is 6.56. The predicted octanol–water partition coefficient (Wildman–Crippen LogP) is 3.11. The van der Waals surface area contributed by atoms with Crippen LogP contribution in [0.5, 0.6) is 5.75 Å². The van der Waals surface area contributed by atoms with Crippen molar-refractivity contribution in [3.8, 4) is 5.75 Å². The van der Waals surface area contributed by atoms with Crippen LogP contribution >= 0.6 is 11.8 Å². The van der Waals surface area contributed by atoms with Crippen molar-refractivity contribution in [2.45, 2.75) is 28.3 Å². The molecule has 0 aliphatic heterocycles. The minimum absolute atomic E-state index is 0.121. The number of aryl methyl sites for hydroxylation is 1.